The molecule has 2 fully saturated rings. The Labute approximate surface area is 236 Å². The number of thioether (sulfide) groups is 1. The molecule has 0 radical (unpaired) electrons. The van der Waals surface area contributed by atoms with Crippen LogP contribution in [-0.4, -0.2) is 68.3 Å². The van der Waals surface area contributed by atoms with Gasteiger partial charge in [-0.25, -0.2) is 13.1 Å². The summed E-state index contributed by atoms with van der Waals surface area (Å²) in [4.78, 5) is 25.6. The van der Waals surface area contributed by atoms with Crippen LogP contribution in [0.2, 0.25) is 0 Å². The fourth-order valence-electron chi connectivity index (χ4n) is 4.52. The number of rotatable bonds is 7. The van der Waals surface area contributed by atoms with Crippen LogP contribution in [0.3, 0.4) is 0 Å². The molecule has 0 aliphatic carbocycles. The van der Waals surface area contributed by atoms with Gasteiger partial charge >= 0.3 is 5.97 Å². The van der Waals surface area contributed by atoms with Crippen molar-refractivity contribution in [2.45, 2.75) is 24.7 Å². The van der Waals surface area contributed by atoms with Crippen LogP contribution in [-0.2, 0) is 19.6 Å². The van der Waals surface area contributed by atoms with E-state index in [1.165, 1.54) is 4.31 Å². The second kappa shape index (κ2) is 11.0. The molecule has 2 aliphatic heterocycles. The number of piperidine rings is 1. The van der Waals surface area contributed by atoms with Gasteiger partial charge in [-0.05, 0) is 49.1 Å². The maximum Gasteiger partial charge on any atom is 0.323 e. The smallest absolute Gasteiger partial charge is 0.323 e. The van der Waals surface area contributed by atoms with E-state index in [0.29, 0.717) is 35.8 Å². The van der Waals surface area contributed by atoms with E-state index in [1.54, 1.807) is 41.2 Å². The molecule has 0 atom stereocenters. The summed E-state index contributed by atoms with van der Waals surface area (Å²) in [6, 6.07) is 16.1. The minimum atomic E-state index is -3.69. The summed E-state index contributed by atoms with van der Waals surface area (Å²) in [5, 5.41) is 13.9. The lowest BCUT2D eigenvalue weighted by molar-refractivity contribution is -0.140. The Morgan fingerprint density at radius 2 is 1.87 bits per heavy atom. The highest BCUT2D eigenvalue weighted by Gasteiger charge is 2.34. The van der Waals surface area contributed by atoms with E-state index in [9.17, 15) is 18.0 Å². The largest absolute Gasteiger partial charge is 0.480 e. The third kappa shape index (κ3) is 5.69. The lowest BCUT2D eigenvalue weighted by Crippen LogP contribution is -2.37. The van der Waals surface area contributed by atoms with Crippen molar-refractivity contribution in [2.24, 2.45) is 5.92 Å². The average Bonchev–Trinajstić information content (AvgIpc) is 3.46. The fourth-order valence-corrected chi connectivity index (χ4v) is 7.28. The summed E-state index contributed by atoms with van der Waals surface area (Å²) < 4.78 is 30.2. The summed E-state index contributed by atoms with van der Waals surface area (Å²) in [5.74, 6) is -1.16. The van der Waals surface area contributed by atoms with E-state index in [2.05, 4.69) is 6.92 Å². The van der Waals surface area contributed by atoms with Gasteiger partial charge in [-0.3, -0.25) is 14.5 Å². The van der Waals surface area contributed by atoms with Gasteiger partial charge in [0.25, 0.3) is 5.91 Å². The molecule has 1 N–H and O–H groups in total. The molecule has 2 aromatic carbocycles. The second-order valence-corrected chi connectivity index (χ2v) is 13.1. The van der Waals surface area contributed by atoms with Gasteiger partial charge in [0.1, 0.15) is 16.6 Å². The number of carbonyl (C=O) groups is 2. The molecule has 202 valence electrons. The molecule has 0 saturated carbocycles. The normalized spacial score (nSPS) is 18.3. The average molecular weight is 583 g/mol. The van der Waals surface area contributed by atoms with Crippen LogP contribution in [0.15, 0.2) is 70.6 Å². The SMILES string of the molecule is CC1CCN(S(=O)(=O)c2cccc(-c3nn(-c4ccccc4)cc3C=C3SC(=S)N(CC(=O)O)C3=O)c2)CC1. The Morgan fingerprint density at radius 1 is 1.15 bits per heavy atom. The molecule has 1 amide bonds. The minimum absolute atomic E-state index is 0.162. The number of aromatic nitrogens is 2. The van der Waals surface area contributed by atoms with Crippen molar-refractivity contribution in [1.29, 1.82) is 0 Å². The zero-order chi connectivity index (χ0) is 27.7. The van der Waals surface area contributed by atoms with Gasteiger partial charge in [-0.1, -0.05) is 61.2 Å². The first-order valence-corrected chi connectivity index (χ1v) is 15.0. The minimum Gasteiger partial charge on any atom is -0.480 e. The molecule has 2 aliphatic rings. The maximum absolute atomic E-state index is 13.4. The van der Waals surface area contributed by atoms with E-state index < -0.39 is 28.4 Å². The van der Waals surface area contributed by atoms with Crippen LogP contribution in [0.1, 0.15) is 25.3 Å². The van der Waals surface area contributed by atoms with Gasteiger partial charge in [0.15, 0.2) is 0 Å². The van der Waals surface area contributed by atoms with Crippen molar-refractivity contribution in [3.8, 4) is 16.9 Å². The number of sulfonamides is 1. The van der Waals surface area contributed by atoms with Crippen LogP contribution in [0.25, 0.3) is 23.0 Å². The highest BCUT2D eigenvalue weighted by molar-refractivity contribution is 8.26. The highest BCUT2D eigenvalue weighted by Crippen LogP contribution is 2.35. The number of carboxylic acids is 1. The van der Waals surface area contributed by atoms with Gasteiger partial charge in [-0.15, -0.1) is 0 Å². The van der Waals surface area contributed by atoms with Crippen LogP contribution < -0.4 is 0 Å². The molecule has 2 saturated heterocycles. The molecule has 12 heteroatoms. The second-order valence-electron chi connectivity index (χ2n) is 9.49. The summed E-state index contributed by atoms with van der Waals surface area (Å²) in [7, 11) is -3.69. The molecule has 39 heavy (non-hydrogen) atoms. The standard InChI is InChI=1S/C27H26N4O5S3/c1-18-10-12-29(13-11-18)39(35,36)22-9-5-6-19(14-22)25-20(16-31(28-25)21-7-3-2-4-8-21)15-23-26(34)30(17-24(32)33)27(37)38-23/h2-9,14-16,18H,10-13,17H2,1H3,(H,32,33). The van der Waals surface area contributed by atoms with Crippen LogP contribution in [0.5, 0.6) is 0 Å². The van der Waals surface area contributed by atoms with E-state index in [4.69, 9.17) is 22.4 Å². The number of aliphatic carboxylic acids is 1. The predicted molar refractivity (Wildman–Crippen MR) is 154 cm³/mol. The quantitative estimate of drug-likeness (QED) is 0.325. The van der Waals surface area contributed by atoms with Crippen LogP contribution >= 0.6 is 24.0 Å². The number of benzene rings is 2. The lowest BCUT2D eigenvalue weighted by atomic mass is 10.0. The zero-order valence-corrected chi connectivity index (χ0v) is 23.5. The van der Waals surface area contributed by atoms with Crippen LogP contribution in [0.4, 0.5) is 0 Å². The van der Waals surface area contributed by atoms with Crippen molar-refractivity contribution in [1.82, 2.24) is 19.0 Å². The van der Waals surface area contributed by atoms with E-state index in [1.807, 2.05) is 30.3 Å². The number of thiocarbonyl (C=S) groups is 1. The number of nitrogens with zero attached hydrogens (tertiary/aromatic N) is 4. The number of hydrogen-bond acceptors (Lipinski definition) is 7. The summed E-state index contributed by atoms with van der Waals surface area (Å²) in [5.41, 5.74) is 2.40. The topological polar surface area (TPSA) is 113 Å². The Hall–Kier alpha value is -3.32. The van der Waals surface area contributed by atoms with Crippen molar-refractivity contribution < 1.29 is 23.1 Å². The molecule has 9 nitrogen and oxygen atoms in total. The molecule has 0 spiro atoms. The third-order valence-electron chi connectivity index (χ3n) is 6.70. The molecule has 1 aromatic heterocycles. The van der Waals surface area contributed by atoms with Crippen molar-refractivity contribution >= 4 is 56.3 Å². The predicted octanol–water partition coefficient (Wildman–Crippen LogP) is 4.25. The van der Waals surface area contributed by atoms with Gasteiger partial charge in [-0.2, -0.15) is 9.40 Å². The van der Waals surface area contributed by atoms with Crippen LogP contribution in [0, 0.1) is 5.92 Å². The Morgan fingerprint density at radius 3 is 2.56 bits per heavy atom. The molecule has 3 aromatic rings. The van der Waals surface area contributed by atoms with Gasteiger partial charge in [0, 0.05) is 30.4 Å². The zero-order valence-electron chi connectivity index (χ0n) is 21.1. The molecule has 0 unspecified atom stereocenters. The van der Waals surface area contributed by atoms with E-state index in [-0.39, 0.29) is 14.1 Å². The summed E-state index contributed by atoms with van der Waals surface area (Å²) in [6.45, 7) is 2.58. The first-order valence-electron chi connectivity index (χ1n) is 12.4. The Kier molecular flexibility index (Phi) is 7.72. The number of para-hydroxylation sites is 1. The maximum atomic E-state index is 13.4. The monoisotopic (exact) mass is 582 g/mol. The Balaban J connectivity index is 1.56. The van der Waals surface area contributed by atoms with Gasteiger partial charge < -0.3 is 5.11 Å². The number of carbonyl (C=O) groups excluding carboxylic acids is 1. The number of carboxylic acid groups (broad SMARTS) is 1. The van der Waals surface area contributed by atoms with E-state index >= 15 is 0 Å². The van der Waals surface area contributed by atoms with E-state index in [0.717, 1.165) is 35.2 Å². The van der Waals surface area contributed by atoms with Gasteiger partial charge in [0.2, 0.25) is 10.0 Å². The molecule has 0 bridgehead atoms. The third-order valence-corrected chi connectivity index (χ3v) is 9.98. The number of amides is 1. The summed E-state index contributed by atoms with van der Waals surface area (Å²) >= 11 is 6.26. The fraction of sp³-hybridized carbons (Fsp3) is 0.259. The first-order chi connectivity index (χ1) is 18.6. The van der Waals surface area contributed by atoms with Gasteiger partial charge in [0.05, 0.1) is 15.5 Å². The summed E-state index contributed by atoms with van der Waals surface area (Å²) in [6.07, 6.45) is 5.02. The molecular weight excluding hydrogens is 557 g/mol. The van der Waals surface area contributed by atoms with Crippen molar-refractivity contribution in [2.75, 3.05) is 19.6 Å². The Bertz CT molecular complexity index is 1580. The van der Waals surface area contributed by atoms with Crippen molar-refractivity contribution in [3.05, 3.63) is 71.3 Å². The van der Waals surface area contributed by atoms with Crippen molar-refractivity contribution in [3.63, 3.8) is 0 Å². The molecule has 3 heterocycles. The molecular formula is C27H26N4O5S3. The lowest BCUT2D eigenvalue weighted by Gasteiger charge is -2.29. The highest BCUT2D eigenvalue weighted by atomic mass is 32.2. The first kappa shape index (κ1) is 27.3. The molecule has 5 rings (SSSR count). The number of hydrogen-bond donors (Lipinski definition) is 1.